The largest absolute Gasteiger partial charge is 0.481 e. The minimum atomic E-state index is -0.810. The van der Waals surface area contributed by atoms with E-state index < -0.39 is 16.9 Å². The Bertz CT molecular complexity index is 391. The summed E-state index contributed by atoms with van der Waals surface area (Å²) in [5.41, 5.74) is 4.66. The van der Waals surface area contributed by atoms with Crippen LogP contribution in [-0.2, 0) is 9.59 Å². The van der Waals surface area contributed by atoms with Gasteiger partial charge in [-0.25, -0.2) is 0 Å². The highest BCUT2D eigenvalue weighted by molar-refractivity contribution is 5.87. The van der Waals surface area contributed by atoms with Crippen LogP contribution in [0.5, 0.6) is 0 Å². The lowest BCUT2D eigenvalue weighted by Gasteiger charge is -2.36. The molecule has 1 amide bonds. The van der Waals surface area contributed by atoms with E-state index in [9.17, 15) is 14.7 Å². The van der Waals surface area contributed by atoms with Crippen LogP contribution in [0.1, 0.15) is 58.3 Å². The predicted octanol–water partition coefficient (Wildman–Crippen LogP) is 1.66. The number of hydrogen-bond acceptors (Lipinski definition) is 3. The Morgan fingerprint density at radius 1 is 1.25 bits per heavy atom. The molecule has 0 aromatic carbocycles. The zero-order chi connectivity index (χ0) is 14.8. The van der Waals surface area contributed by atoms with Crippen molar-refractivity contribution in [2.75, 3.05) is 6.54 Å². The molecular weight excluding hydrogens is 256 g/mol. The first-order chi connectivity index (χ1) is 9.38. The van der Waals surface area contributed by atoms with Crippen LogP contribution in [0.25, 0.3) is 0 Å². The average molecular weight is 282 g/mol. The van der Waals surface area contributed by atoms with Gasteiger partial charge in [0.2, 0.25) is 5.91 Å². The molecule has 2 saturated carbocycles. The summed E-state index contributed by atoms with van der Waals surface area (Å²) < 4.78 is 0. The van der Waals surface area contributed by atoms with Crippen molar-refractivity contribution in [3.63, 3.8) is 0 Å². The van der Waals surface area contributed by atoms with Gasteiger partial charge >= 0.3 is 5.97 Å². The van der Waals surface area contributed by atoms with E-state index in [1.54, 1.807) is 0 Å². The summed E-state index contributed by atoms with van der Waals surface area (Å²) in [4.78, 5) is 23.8. The van der Waals surface area contributed by atoms with Crippen LogP contribution in [-0.4, -0.2) is 29.1 Å². The third-order valence-corrected chi connectivity index (χ3v) is 5.09. The minimum absolute atomic E-state index is 0.170. The van der Waals surface area contributed by atoms with Crippen molar-refractivity contribution in [3.05, 3.63) is 0 Å². The monoisotopic (exact) mass is 282 g/mol. The summed E-state index contributed by atoms with van der Waals surface area (Å²) in [6, 6.07) is 0. The van der Waals surface area contributed by atoms with Crippen LogP contribution >= 0.6 is 0 Å². The first-order valence-electron chi connectivity index (χ1n) is 7.69. The van der Waals surface area contributed by atoms with Gasteiger partial charge in [-0.05, 0) is 31.6 Å². The fourth-order valence-electron chi connectivity index (χ4n) is 3.74. The van der Waals surface area contributed by atoms with E-state index in [1.807, 2.05) is 0 Å². The van der Waals surface area contributed by atoms with Gasteiger partial charge in [0.25, 0.3) is 0 Å². The molecule has 20 heavy (non-hydrogen) atoms. The average Bonchev–Trinajstić information content (AvgIpc) is 2.85. The molecule has 2 aliphatic carbocycles. The molecule has 2 fully saturated rings. The molecule has 0 spiro atoms. The van der Waals surface area contributed by atoms with Gasteiger partial charge in [0.05, 0.1) is 11.0 Å². The van der Waals surface area contributed by atoms with E-state index in [0.717, 1.165) is 25.7 Å². The topological polar surface area (TPSA) is 92.4 Å². The molecule has 5 nitrogen and oxygen atoms in total. The summed E-state index contributed by atoms with van der Waals surface area (Å²) in [7, 11) is 0. The highest BCUT2D eigenvalue weighted by Crippen LogP contribution is 2.38. The number of amides is 1. The molecule has 0 aromatic heterocycles. The van der Waals surface area contributed by atoms with Gasteiger partial charge in [0.1, 0.15) is 0 Å². The molecule has 2 unspecified atom stereocenters. The normalized spacial score (nSPS) is 32.8. The lowest BCUT2D eigenvalue weighted by Crippen LogP contribution is -2.58. The zero-order valence-corrected chi connectivity index (χ0v) is 12.3. The van der Waals surface area contributed by atoms with Gasteiger partial charge in [-0.15, -0.1) is 0 Å². The molecule has 0 saturated heterocycles. The first-order valence-corrected chi connectivity index (χ1v) is 7.69. The Morgan fingerprint density at radius 3 is 2.45 bits per heavy atom. The fraction of sp³-hybridized carbons (Fsp3) is 0.867. The van der Waals surface area contributed by atoms with Crippen molar-refractivity contribution in [2.24, 2.45) is 17.1 Å². The second-order valence-corrected chi connectivity index (χ2v) is 6.83. The number of nitrogens with two attached hydrogens (primary N) is 1. The smallest absolute Gasteiger partial charge is 0.311 e. The molecule has 2 aliphatic rings. The summed E-state index contributed by atoms with van der Waals surface area (Å²) in [6.45, 7) is 2.33. The van der Waals surface area contributed by atoms with E-state index in [2.05, 4.69) is 12.2 Å². The lowest BCUT2D eigenvalue weighted by molar-refractivity contribution is -0.148. The Balaban J connectivity index is 1.96. The number of carboxylic acids is 1. The molecule has 0 heterocycles. The number of rotatable bonds is 4. The van der Waals surface area contributed by atoms with Crippen LogP contribution in [0.2, 0.25) is 0 Å². The van der Waals surface area contributed by atoms with Crippen molar-refractivity contribution < 1.29 is 14.7 Å². The van der Waals surface area contributed by atoms with Gasteiger partial charge in [0, 0.05) is 6.54 Å². The fourth-order valence-corrected chi connectivity index (χ4v) is 3.74. The van der Waals surface area contributed by atoms with Gasteiger partial charge in [-0.3, -0.25) is 9.59 Å². The van der Waals surface area contributed by atoms with Crippen molar-refractivity contribution in [2.45, 2.75) is 63.8 Å². The maximum absolute atomic E-state index is 12.4. The number of carbonyl (C=O) groups excluding carboxylic acids is 1. The maximum atomic E-state index is 12.4. The lowest BCUT2D eigenvalue weighted by atomic mass is 9.76. The van der Waals surface area contributed by atoms with Crippen molar-refractivity contribution in [3.8, 4) is 0 Å². The Hall–Kier alpha value is -1.10. The molecule has 4 N–H and O–H groups in total. The van der Waals surface area contributed by atoms with E-state index >= 15 is 0 Å². The molecule has 5 heteroatoms. The third kappa shape index (κ3) is 2.97. The number of hydrogen-bond donors (Lipinski definition) is 3. The molecule has 0 aliphatic heterocycles. The van der Waals surface area contributed by atoms with Crippen LogP contribution in [0.4, 0.5) is 0 Å². The van der Waals surface area contributed by atoms with Gasteiger partial charge in [-0.1, -0.05) is 32.6 Å². The van der Waals surface area contributed by atoms with Crippen molar-refractivity contribution in [1.29, 1.82) is 0 Å². The van der Waals surface area contributed by atoms with Gasteiger partial charge in [0.15, 0.2) is 0 Å². The molecule has 0 bridgehead atoms. The molecule has 114 valence electrons. The van der Waals surface area contributed by atoms with Gasteiger partial charge in [-0.2, -0.15) is 0 Å². The molecule has 0 radical (unpaired) electrons. The Kier molecular flexibility index (Phi) is 4.37. The SMILES string of the molecule is CC1CCCC(N)(C(=O)NCC2(C(=O)O)CCCC2)C1. The zero-order valence-electron chi connectivity index (χ0n) is 12.3. The summed E-state index contributed by atoms with van der Waals surface area (Å²) in [6.07, 6.45) is 6.62. The molecule has 0 aromatic rings. The van der Waals surface area contributed by atoms with Crippen LogP contribution < -0.4 is 11.1 Å². The molecule has 2 atom stereocenters. The molecule has 2 rings (SSSR count). The van der Waals surface area contributed by atoms with Crippen LogP contribution in [0.15, 0.2) is 0 Å². The standard InChI is InChI=1S/C15H26N2O3/c1-11-5-4-8-15(16,9-11)12(18)17-10-14(13(19)20)6-2-3-7-14/h11H,2-10,16H2,1H3,(H,17,18)(H,19,20). The van der Waals surface area contributed by atoms with E-state index in [1.165, 1.54) is 0 Å². The number of nitrogens with one attached hydrogen (secondary N) is 1. The highest BCUT2D eigenvalue weighted by Gasteiger charge is 2.43. The quantitative estimate of drug-likeness (QED) is 0.731. The Labute approximate surface area is 120 Å². The summed E-state index contributed by atoms with van der Waals surface area (Å²) >= 11 is 0. The highest BCUT2D eigenvalue weighted by atomic mass is 16.4. The summed E-state index contributed by atoms with van der Waals surface area (Å²) in [5.74, 6) is -0.505. The van der Waals surface area contributed by atoms with Crippen molar-refractivity contribution >= 4 is 11.9 Å². The maximum Gasteiger partial charge on any atom is 0.311 e. The molecular formula is C15H26N2O3. The second kappa shape index (κ2) is 5.72. The van der Waals surface area contributed by atoms with Crippen LogP contribution in [0.3, 0.4) is 0 Å². The summed E-state index contributed by atoms with van der Waals surface area (Å²) in [5, 5.41) is 12.2. The van der Waals surface area contributed by atoms with Crippen LogP contribution in [0, 0.1) is 11.3 Å². The van der Waals surface area contributed by atoms with Crippen molar-refractivity contribution in [1.82, 2.24) is 5.32 Å². The second-order valence-electron chi connectivity index (χ2n) is 6.83. The first kappa shape index (κ1) is 15.3. The predicted molar refractivity (Wildman–Crippen MR) is 76.1 cm³/mol. The van der Waals surface area contributed by atoms with E-state index in [4.69, 9.17) is 5.73 Å². The number of carboxylic acid groups (broad SMARTS) is 1. The minimum Gasteiger partial charge on any atom is -0.481 e. The van der Waals surface area contributed by atoms with Gasteiger partial charge < -0.3 is 16.2 Å². The van der Waals surface area contributed by atoms with E-state index in [0.29, 0.717) is 31.6 Å². The number of aliphatic carboxylic acids is 1. The van der Waals surface area contributed by atoms with E-state index in [-0.39, 0.29) is 12.5 Å². The third-order valence-electron chi connectivity index (χ3n) is 5.09. The number of carbonyl (C=O) groups is 2. The Morgan fingerprint density at radius 2 is 1.90 bits per heavy atom.